The fraction of sp³-hybridized carbons (Fsp3) is 0.143. The van der Waals surface area contributed by atoms with Crippen LogP contribution in [0.4, 0.5) is 4.39 Å². The van der Waals surface area contributed by atoms with Crippen LogP contribution in [0.25, 0.3) is 82.5 Å². The van der Waals surface area contributed by atoms with Gasteiger partial charge in [-0.3, -0.25) is 0 Å². The van der Waals surface area contributed by atoms with Crippen molar-refractivity contribution in [3.8, 4) is 28.6 Å². The zero-order valence-corrected chi connectivity index (χ0v) is 39.8. The minimum absolute atomic E-state index is 0.0187. The Hall–Kier alpha value is -7.83. The number of rotatable bonds is 7. The minimum Gasteiger partial charge on any atom is -0.458 e. The Morgan fingerprint density at radius 1 is 0.406 bits per heavy atom. The fourth-order valence-corrected chi connectivity index (χ4v) is 11.9. The lowest BCUT2D eigenvalue weighted by atomic mass is 9.34. The molecular weight excluding hydrogens is 845 g/mol. The van der Waals surface area contributed by atoms with E-state index >= 15 is 0 Å². The highest BCUT2D eigenvalue weighted by Crippen LogP contribution is 2.50. The van der Waals surface area contributed by atoms with Crippen molar-refractivity contribution in [2.45, 2.75) is 59.3 Å². The Bertz CT molecular complexity index is 4010. The largest absolute Gasteiger partial charge is 0.458 e. The number of aromatic nitrogens is 3. The predicted molar refractivity (Wildman–Crippen MR) is 289 cm³/mol. The van der Waals surface area contributed by atoms with Gasteiger partial charge in [0.2, 0.25) is 0 Å². The standard InChI is InChI=1S/C63H51BFN3O/c1-37(2)40-34-48(38(3)4)60(49(35-40)39(5)6)64-50-23-13-17-27-55(50)69-56-36-44(32-33-51(56)64)68-54-26-16-12-22-47(54)59-62-57(46-21-11-15-25-53(46)67(62)43-30-28-41(65)29-31-43)61-58(63(59)68)45-20-10-14-24-52(45)66(61)42-18-8-7-9-19-42/h7-39H,1-6H3. The van der Waals surface area contributed by atoms with Gasteiger partial charge in [-0.2, -0.15) is 0 Å². The first-order valence-corrected chi connectivity index (χ1v) is 24.5. The van der Waals surface area contributed by atoms with E-state index in [1.165, 1.54) is 43.9 Å². The molecule has 9 aromatic carbocycles. The summed E-state index contributed by atoms with van der Waals surface area (Å²) in [5.74, 6) is 2.57. The van der Waals surface area contributed by atoms with Crippen molar-refractivity contribution in [3.63, 3.8) is 0 Å². The molecule has 12 aromatic rings. The Kier molecular flexibility index (Phi) is 9.36. The second-order valence-corrected chi connectivity index (χ2v) is 19.9. The molecule has 0 spiro atoms. The number of benzene rings is 9. The molecule has 0 atom stereocenters. The van der Waals surface area contributed by atoms with E-state index in [0.717, 1.165) is 83.2 Å². The minimum atomic E-state index is -0.263. The van der Waals surface area contributed by atoms with Crippen LogP contribution in [-0.2, 0) is 0 Å². The summed E-state index contributed by atoms with van der Waals surface area (Å²) in [6.45, 7) is 13.9. The summed E-state index contributed by atoms with van der Waals surface area (Å²) in [6, 6.07) is 64.6. The van der Waals surface area contributed by atoms with Crippen LogP contribution in [0.5, 0.6) is 11.5 Å². The normalized spacial score (nSPS) is 12.8. The Morgan fingerprint density at radius 2 is 0.841 bits per heavy atom. The Balaban J connectivity index is 1.19. The van der Waals surface area contributed by atoms with Crippen LogP contribution in [0, 0.1) is 5.82 Å². The quantitative estimate of drug-likeness (QED) is 0.146. The Labute approximate surface area is 401 Å². The second-order valence-electron chi connectivity index (χ2n) is 19.9. The van der Waals surface area contributed by atoms with Crippen LogP contribution >= 0.6 is 0 Å². The van der Waals surface area contributed by atoms with Gasteiger partial charge in [-0.05, 0) is 112 Å². The van der Waals surface area contributed by atoms with Crippen molar-refractivity contribution in [1.82, 2.24) is 13.7 Å². The van der Waals surface area contributed by atoms with Crippen molar-refractivity contribution < 1.29 is 9.13 Å². The highest BCUT2D eigenvalue weighted by Gasteiger charge is 2.37. The van der Waals surface area contributed by atoms with Crippen LogP contribution in [0.1, 0.15) is 76.0 Å². The summed E-state index contributed by atoms with van der Waals surface area (Å²) in [4.78, 5) is 0. The third-order valence-corrected chi connectivity index (χ3v) is 14.9. The predicted octanol–water partition coefficient (Wildman–Crippen LogP) is 15.1. The zero-order chi connectivity index (χ0) is 46.8. The highest BCUT2D eigenvalue weighted by molar-refractivity contribution is 6.97. The number of para-hydroxylation sites is 5. The third-order valence-electron chi connectivity index (χ3n) is 14.9. The van der Waals surface area contributed by atoms with Crippen LogP contribution in [0.2, 0.25) is 0 Å². The maximum atomic E-state index is 14.8. The first-order valence-electron chi connectivity index (χ1n) is 24.5. The first-order chi connectivity index (χ1) is 33.7. The SMILES string of the molecule is CC(C)c1cc(C(C)C)c(B2c3ccccc3Oc3cc(-n4c5ccccc5c5c6c(c7ccccc7n6-c6ccc(F)cc6)c6c(c7ccccc7n6-c6ccccc6)c54)ccc32)c(C(C)C)c1. The molecular formula is C63H51BFN3O. The van der Waals surface area contributed by atoms with Gasteiger partial charge in [0, 0.05) is 55.4 Å². The summed E-state index contributed by atoms with van der Waals surface area (Å²) in [7, 11) is 0. The van der Waals surface area contributed by atoms with Gasteiger partial charge in [0.05, 0.1) is 33.1 Å². The number of hydrogen-bond acceptors (Lipinski definition) is 1. The van der Waals surface area contributed by atoms with E-state index in [9.17, 15) is 4.39 Å². The number of halogens is 1. The topological polar surface area (TPSA) is 24.0 Å². The zero-order valence-electron chi connectivity index (χ0n) is 39.8. The van der Waals surface area contributed by atoms with E-state index < -0.39 is 0 Å². The molecule has 0 saturated heterocycles. The van der Waals surface area contributed by atoms with Crippen LogP contribution in [0.3, 0.4) is 0 Å². The van der Waals surface area contributed by atoms with Crippen molar-refractivity contribution in [3.05, 3.63) is 204 Å². The lowest BCUT2D eigenvalue weighted by Crippen LogP contribution is -2.57. The van der Waals surface area contributed by atoms with E-state index in [1.807, 2.05) is 12.1 Å². The number of fused-ring (bicyclic) bond motifs is 14. The molecule has 3 aromatic heterocycles. The molecule has 6 heteroatoms. The smallest absolute Gasteiger partial charge is 0.251 e. The molecule has 0 N–H and O–H groups in total. The third kappa shape index (κ3) is 6.07. The van der Waals surface area contributed by atoms with Crippen molar-refractivity contribution in [2.24, 2.45) is 0 Å². The molecule has 4 nitrogen and oxygen atoms in total. The van der Waals surface area contributed by atoms with Crippen LogP contribution in [0.15, 0.2) is 182 Å². The van der Waals surface area contributed by atoms with Gasteiger partial charge in [-0.1, -0.05) is 156 Å². The lowest BCUT2D eigenvalue weighted by molar-refractivity contribution is 0.487. The summed E-state index contributed by atoms with van der Waals surface area (Å²) >= 11 is 0. The maximum absolute atomic E-state index is 14.8. The van der Waals surface area contributed by atoms with Gasteiger partial charge < -0.3 is 18.4 Å². The number of hydrogen-bond donors (Lipinski definition) is 0. The van der Waals surface area contributed by atoms with E-state index in [4.69, 9.17) is 4.74 Å². The summed E-state index contributed by atoms with van der Waals surface area (Å²) in [5.41, 5.74) is 17.6. The van der Waals surface area contributed by atoms with Gasteiger partial charge in [0.15, 0.2) is 0 Å². The van der Waals surface area contributed by atoms with Crippen molar-refractivity contribution in [1.29, 1.82) is 0 Å². The van der Waals surface area contributed by atoms with Gasteiger partial charge >= 0.3 is 0 Å². The lowest BCUT2D eigenvalue weighted by Gasteiger charge is -2.32. The summed E-state index contributed by atoms with van der Waals surface area (Å²) in [6.07, 6.45) is 0. The fourth-order valence-electron chi connectivity index (χ4n) is 11.9. The Morgan fingerprint density at radius 3 is 1.36 bits per heavy atom. The summed E-state index contributed by atoms with van der Waals surface area (Å²) < 4.78 is 29.2. The number of ether oxygens (including phenoxy) is 1. The summed E-state index contributed by atoms with van der Waals surface area (Å²) in [5, 5.41) is 6.90. The average molecular weight is 896 g/mol. The van der Waals surface area contributed by atoms with Gasteiger partial charge in [-0.25, -0.2) is 4.39 Å². The molecule has 13 rings (SSSR count). The van der Waals surface area contributed by atoms with Crippen molar-refractivity contribution >= 4 is 88.5 Å². The molecule has 1 aliphatic heterocycles. The average Bonchev–Trinajstić information content (AvgIpc) is 4.02. The molecule has 334 valence electrons. The van der Waals surface area contributed by atoms with Crippen LogP contribution in [-0.4, -0.2) is 20.4 Å². The highest BCUT2D eigenvalue weighted by atomic mass is 19.1. The van der Waals surface area contributed by atoms with Gasteiger partial charge in [-0.15, -0.1) is 0 Å². The van der Waals surface area contributed by atoms with E-state index in [-0.39, 0.29) is 12.5 Å². The molecule has 0 amide bonds. The maximum Gasteiger partial charge on any atom is 0.251 e. The molecule has 0 radical (unpaired) electrons. The monoisotopic (exact) mass is 895 g/mol. The molecule has 69 heavy (non-hydrogen) atoms. The van der Waals surface area contributed by atoms with Gasteiger partial charge in [0.25, 0.3) is 6.71 Å². The van der Waals surface area contributed by atoms with E-state index in [0.29, 0.717) is 17.8 Å². The molecule has 0 unspecified atom stereocenters. The molecule has 0 bridgehead atoms. The molecule has 0 saturated carbocycles. The molecule has 1 aliphatic rings. The van der Waals surface area contributed by atoms with Crippen molar-refractivity contribution in [2.75, 3.05) is 0 Å². The molecule has 4 heterocycles. The molecule has 0 fully saturated rings. The van der Waals surface area contributed by atoms with E-state index in [1.54, 1.807) is 12.1 Å². The van der Waals surface area contributed by atoms with E-state index in [2.05, 4.69) is 213 Å². The second kappa shape index (κ2) is 15.6. The number of nitrogens with zero attached hydrogens (tertiary/aromatic N) is 3. The first kappa shape index (κ1) is 41.4. The molecule has 0 aliphatic carbocycles. The van der Waals surface area contributed by atoms with Gasteiger partial charge in [0.1, 0.15) is 17.3 Å². The van der Waals surface area contributed by atoms with Crippen LogP contribution < -0.4 is 21.1 Å².